The van der Waals surface area contributed by atoms with Crippen molar-refractivity contribution in [3.63, 3.8) is 0 Å². The van der Waals surface area contributed by atoms with Crippen LogP contribution in [0, 0.1) is 6.92 Å². The number of hydrogen-bond acceptors (Lipinski definition) is 8. The van der Waals surface area contributed by atoms with Gasteiger partial charge in [0.15, 0.2) is 22.7 Å². The molecule has 0 aliphatic heterocycles. The second kappa shape index (κ2) is 12.2. The summed E-state index contributed by atoms with van der Waals surface area (Å²) in [4.78, 5) is 28.8. The van der Waals surface area contributed by atoms with Gasteiger partial charge in [0.05, 0.1) is 17.3 Å². The lowest BCUT2D eigenvalue weighted by molar-refractivity contribution is -0.123. The first-order chi connectivity index (χ1) is 17.4. The van der Waals surface area contributed by atoms with Gasteiger partial charge in [-0.25, -0.2) is 4.98 Å². The summed E-state index contributed by atoms with van der Waals surface area (Å²) < 4.78 is 7.30. The van der Waals surface area contributed by atoms with Crippen LogP contribution in [0.3, 0.4) is 0 Å². The van der Waals surface area contributed by atoms with Gasteiger partial charge in [0.25, 0.3) is 5.91 Å². The van der Waals surface area contributed by atoms with Crippen LogP contribution in [0.2, 0.25) is 10.0 Å². The Morgan fingerprint density at radius 1 is 1.14 bits per heavy atom. The zero-order valence-corrected chi connectivity index (χ0v) is 22.0. The van der Waals surface area contributed by atoms with Crippen molar-refractivity contribution in [2.75, 3.05) is 17.7 Å². The maximum absolute atomic E-state index is 12.4. The number of nitrogens with one attached hydrogen (secondary N) is 2. The van der Waals surface area contributed by atoms with Gasteiger partial charge in [-0.2, -0.15) is 0 Å². The van der Waals surface area contributed by atoms with E-state index in [9.17, 15) is 9.59 Å². The van der Waals surface area contributed by atoms with Gasteiger partial charge in [0.2, 0.25) is 5.91 Å². The highest BCUT2D eigenvalue weighted by atomic mass is 35.5. The maximum atomic E-state index is 12.4. The normalized spacial score (nSPS) is 10.8. The third kappa shape index (κ3) is 6.97. The molecule has 9 nitrogen and oxygen atoms in total. The highest BCUT2D eigenvalue weighted by Gasteiger charge is 2.17. The fourth-order valence-corrected chi connectivity index (χ4v) is 4.85. The Bertz CT molecular complexity index is 1360. The number of benzene rings is 2. The van der Waals surface area contributed by atoms with Gasteiger partial charge in [-0.15, -0.1) is 21.5 Å². The van der Waals surface area contributed by atoms with E-state index in [0.29, 0.717) is 31.9 Å². The molecule has 0 aliphatic carbocycles. The number of rotatable bonds is 10. The summed E-state index contributed by atoms with van der Waals surface area (Å²) in [5, 5.41) is 17.7. The Balaban J connectivity index is 1.42. The predicted octanol–water partition coefficient (Wildman–Crippen LogP) is 4.77. The van der Waals surface area contributed by atoms with Crippen LogP contribution in [0.1, 0.15) is 11.4 Å². The molecule has 2 N–H and O–H groups in total. The number of carbonyl (C=O) groups is 2. The minimum Gasteiger partial charge on any atom is -0.482 e. The fourth-order valence-electron chi connectivity index (χ4n) is 3.07. The second-order valence-electron chi connectivity index (χ2n) is 7.39. The molecule has 4 rings (SSSR count). The standard InChI is InChI=1S/C23H20Cl2N6O3S2/c1-14-3-2-4-16(9-14)31-19(11-27-20(32)12-34-18-6-5-15(24)10-17(18)25)29-30-23(31)36-13-21(33)28-22-26-7-8-35-22/h2-10H,11-13H2,1H3,(H,27,32)(H,26,28,33). The molecule has 186 valence electrons. The molecular weight excluding hydrogens is 543 g/mol. The van der Waals surface area contributed by atoms with Gasteiger partial charge in [-0.05, 0) is 42.8 Å². The maximum Gasteiger partial charge on any atom is 0.258 e. The first kappa shape index (κ1) is 26.0. The van der Waals surface area contributed by atoms with Crippen LogP contribution in [0.25, 0.3) is 5.69 Å². The smallest absolute Gasteiger partial charge is 0.258 e. The number of anilines is 1. The number of nitrogens with zero attached hydrogens (tertiary/aromatic N) is 4. The molecule has 0 bridgehead atoms. The van der Waals surface area contributed by atoms with E-state index in [1.807, 2.05) is 35.8 Å². The Hall–Kier alpha value is -3.12. The summed E-state index contributed by atoms with van der Waals surface area (Å²) in [5.41, 5.74) is 1.86. The average Bonchev–Trinajstić information content (AvgIpc) is 3.50. The van der Waals surface area contributed by atoms with E-state index >= 15 is 0 Å². The predicted molar refractivity (Wildman–Crippen MR) is 141 cm³/mol. The van der Waals surface area contributed by atoms with Crippen molar-refractivity contribution in [3.8, 4) is 11.4 Å². The molecule has 13 heteroatoms. The molecule has 0 atom stereocenters. The van der Waals surface area contributed by atoms with Crippen LogP contribution >= 0.6 is 46.3 Å². The molecule has 4 aromatic rings. The van der Waals surface area contributed by atoms with Crippen LogP contribution in [0.4, 0.5) is 5.13 Å². The number of aryl methyl sites for hydroxylation is 1. The van der Waals surface area contributed by atoms with Gasteiger partial charge < -0.3 is 15.4 Å². The summed E-state index contributed by atoms with van der Waals surface area (Å²) in [6.07, 6.45) is 1.62. The van der Waals surface area contributed by atoms with Crippen LogP contribution in [0.15, 0.2) is 59.2 Å². The van der Waals surface area contributed by atoms with Crippen molar-refractivity contribution in [1.82, 2.24) is 25.1 Å². The van der Waals surface area contributed by atoms with Gasteiger partial charge in [0.1, 0.15) is 5.75 Å². The van der Waals surface area contributed by atoms with Crippen molar-refractivity contribution < 1.29 is 14.3 Å². The van der Waals surface area contributed by atoms with Gasteiger partial charge >= 0.3 is 0 Å². The molecule has 0 saturated heterocycles. The lowest BCUT2D eigenvalue weighted by atomic mass is 10.2. The van der Waals surface area contributed by atoms with Crippen LogP contribution in [0.5, 0.6) is 5.75 Å². The van der Waals surface area contributed by atoms with Crippen molar-refractivity contribution in [2.45, 2.75) is 18.6 Å². The minimum atomic E-state index is -0.364. The lowest BCUT2D eigenvalue weighted by Gasteiger charge is -2.12. The number of halogens is 2. The summed E-state index contributed by atoms with van der Waals surface area (Å²) in [5.74, 6) is 0.402. The first-order valence-corrected chi connectivity index (χ1v) is 13.2. The van der Waals surface area contributed by atoms with Crippen molar-refractivity contribution >= 4 is 63.2 Å². The van der Waals surface area contributed by atoms with Crippen molar-refractivity contribution in [2.24, 2.45) is 0 Å². The van der Waals surface area contributed by atoms with Crippen LogP contribution < -0.4 is 15.4 Å². The van der Waals surface area contributed by atoms with E-state index < -0.39 is 0 Å². The summed E-state index contributed by atoms with van der Waals surface area (Å²) >= 11 is 14.5. The first-order valence-electron chi connectivity index (χ1n) is 10.6. The average molecular weight is 563 g/mol. The molecule has 0 spiro atoms. The van der Waals surface area contributed by atoms with E-state index in [1.54, 1.807) is 23.7 Å². The number of hydrogen-bond donors (Lipinski definition) is 2. The van der Waals surface area contributed by atoms with Crippen molar-refractivity contribution in [3.05, 3.63) is 75.5 Å². The van der Waals surface area contributed by atoms with E-state index in [0.717, 1.165) is 11.3 Å². The summed E-state index contributed by atoms with van der Waals surface area (Å²) in [7, 11) is 0. The monoisotopic (exact) mass is 562 g/mol. The number of aromatic nitrogens is 4. The molecule has 2 amide bonds. The lowest BCUT2D eigenvalue weighted by Crippen LogP contribution is -2.29. The molecule has 36 heavy (non-hydrogen) atoms. The minimum absolute atomic E-state index is 0.101. The molecule has 0 radical (unpaired) electrons. The van der Waals surface area contributed by atoms with E-state index in [1.165, 1.54) is 29.2 Å². The van der Waals surface area contributed by atoms with Gasteiger partial charge in [-0.1, -0.05) is 47.1 Å². The summed E-state index contributed by atoms with van der Waals surface area (Å²) in [6.45, 7) is 1.84. The zero-order valence-electron chi connectivity index (χ0n) is 18.9. The third-order valence-corrected chi connectivity index (χ3v) is 6.82. The van der Waals surface area contributed by atoms with E-state index in [2.05, 4.69) is 25.8 Å². The van der Waals surface area contributed by atoms with Crippen LogP contribution in [-0.2, 0) is 16.1 Å². The van der Waals surface area contributed by atoms with Crippen molar-refractivity contribution in [1.29, 1.82) is 0 Å². The molecule has 0 unspecified atom stereocenters. The third-order valence-electron chi connectivity index (χ3n) is 4.67. The molecule has 2 aromatic carbocycles. The Morgan fingerprint density at radius 3 is 2.75 bits per heavy atom. The van der Waals surface area contributed by atoms with E-state index in [-0.39, 0.29) is 30.7 Å². The quantitative estimate of drug-likeness (QED) is 0.268. The molecule has 0 aliphatic rings. The highest BCUT2D eigenvalue weighted by Crippen LogP contribution is 2.27. The molecule has 2 aromatic heterocycles. The molecular formula is C23H20Cl2N6O3S2. The molecule has 0 fully saturated rings. The fraction of sp³-hybridized carbons (Fsp3) is 0.174. The molecule has 2 heterocycles. The highest BCUT2D eigenvalue weighted by molar-refractivity contribution is 7.99. The molecule has 0 saturated carbocycles. The Labute approximate surface area is 225 Å². The Kier molecular flexibility index (Phi) is 8.81. The second-order valence-corrected chi connectivity index (χ2v) is 10.1. The topological polar surface area (TPSA) is 111 Å². The number of amides is 2. The summed E-state index contributed by atoms with van der Waals surface area (Å²) in [6, 6.07) is 12.5. The number of thioether (sulfide) groups is 1. The van der Waals surface area contributed by atoms with Gasteiger partial charge in [-0.3, -0.25) is 14.2 Å². The zero-order chi connectivity index (χ0) is 25.5. The SMILES string of the molecule is Cc1cccc(-n2c(CNC(=O)COc3ccc(Cl)cc3Cl)nnc2SCC(=O)Nc2nccs2)c1. The Morgan fingerprint density at radius 2 is 2.00 bits per heavy atom. The number of ether oxygens (including phenoxy) is 1. The number of carbonyl (C=O) groups excluding carboxylic acids is 2. The van der Waals surface area contributed by atoms with E-state index in [4.69, 9.17) is 27.9 Å². The van der Waals surface area contributed by atoms with Gasteiger partial charge in [0, 0.05) is 22.3 Å². The number of thiazole rings is 1. The largest absolute Gasteiger partial charge is 0.482 e. The van der Waals surface area contributed by atoms with Crippen LogP contribution in [-0.4, -0.2) is 43.9 Å².